The molecule has 0 unspecified atom stereocenters. The van der Waals surface area contributed by atoms with Crippen LogP contribution in [-0.4, -0.2) is 15.7 Å². The zero-order valence-electron chi connectivity index (χ0n) is 10.3. The van der Waals surface area contributed by atoms with Gasteiger partial charge in [-0.15, -0.1) is 0 Å². The maximum atomic E-state index is 11.8. The average Bonchev–Trinajstić information content (AvgIpc) is 2.87. The van der Waals surface area contributed by atoms with E-state index in [1.54, 1.807) is 29.1 Å². The molecular weight excluding hydrogens is 264 g/mol. The number of nitrogen functional groups attached to an aromatic ring is 1. The minimum atomic E-state index is -0.0823. The number of nitrogens with zero attached hydrogens (tertiary/aromatic N) is 2. The molecule has 6 heteroatoms. The van der Waals surface area contributed by atoms with Crippen molar-refractivity contribution in [2.75, 3.05) is 11.1 Å². The second-order valence-corrected chi connectivity index (χ2v) is 4.59. The van der Waals surface area contributed by atoms with E-state index in [0.29, 0.717) is 35.8 Å². The van der Waals surface area contributed by atoms with Gasteiger partial charge >= 0.3 is 0 Å². The predicted molar refractivity (Wildman–Crippen MR) is 76.0 cm³/mol. The van der Waals surface area contributed by atoms with E-state index in [9.17, 15) is 4.79 Å². The van der Waals surface area contributed by atoms with Crippen LogP contribution in [0, 0.1) is 0 Å². The number of nitrogens with one attached hydrogen (secondary N) is 1. The van der Waals surface area contributed by atoms with E-state index in [1.165, 1.54) is 0 Å². The number of anilines is 2. The Hall–Kier alpha value is -2.01. The summed E-state index contributed by atoms with van der Waals surface area (Å²) in [6.07, 6.45) is 4.71. The molecule has 0 aliphatic heterocycles. The molecule has 0 bridgehead atoms. The number of hydrogen-bond acceptors (Lipinski definition) is 3. The van der Waals surface area contributed by atoms with Crippen LogP contribution in [0.5, 0.6) is 0 Å². The van der Waals surface area contributed by atoms with E-state index in [2.05, 4.69) is 10.4 Å². The molecule has 100 valence electrons. The molecule has 0 radical (unpaired) electrons. The van der Waals surface area contributed by atoms with E-state index in [4.69, 9.17) is 17.3 Å². The topological polar surface area (TPSA) is 72.9 Å². The maximum absolute atomic E-state index is 11.8. The summed E-state index contributed by atoms with van der Waals surface area (Å²) in [7, 11) is 0. The Morgan fingerprint density at radius 1 is 1.47 bits per heavy atom. The van der Waals surface area contributed by atoms with E-state index >= 15 is 0 Å². The van der Waals surface area contributed by atoms with Gasteiger partial charge in [-0.05, 0) is 30.7 Å². The van der Waals surface area contributed by atoms with Gasteiger partial charge in [0.1, 0.15) is 0 Å². The molecular formula is C13H15ClN4O. The van der Waals surface area contributed by atoms with Crippen molar-refractivity contribution in [3.05, 3.63) is 41.7 Å². The highest BCUT2D eigenvalue weighted by Gasteiger charge is 2.06. The molecule has 3 N–H and O–H groups in total. The van der Waals surface area contributed by atoms with Crippen LogP contribution in [0.25, 0.3) is 0 Å². The van der Waals surface area contributed by atoms with Crippen molar-refractivity contribution in [1.29, 1.82) is 0 Å². The molecule has 0 aliphatic carbocycles. The van der Waals surface area contributed by atoms with Gasteiger partial charge in [0.15, 0.2) is 0 Å². The van der Waals surface area contributed by atoms with Crippen LogP contribution in [0.3, 0.4) is 0 Å². The number of aryl methyl sites for hydroxylation is 1. The van der Waals surface area contributed by atoms with Crippen LogP contribution < -0.4 is 11.1 Å². The third kappa shape index (κ3) is 3.99. The zero-order valence-corrected chi connectivity index (χ0v) is 11.1. The summed E-state index contributed by atoms with van der Waals surface area (Å²) in [5, 5.41) is 7.37. The van der Waals surface area contributed by atoms with Crippen LogP contribution in [0.4, 0.5) is 11.4 Å². The van der Waals surface area contributed by atoms with Crippen molar-refractivity contribution >= 4 is 28.9 Å². The van der Waals surface area contributed by atoms with Crippen molar-refractivity contribution in [3.8, 4) is 0 Å². The summed E-state index contributed by atoms with van der Waals surface area (Å²) >= 11 is 5.85. The number of halogens is 1. The molecule has 0 spiro atoms. The van der Waals surface area contributed by atoms with Gasteiger partial charge in [-0.2, -0.15) is 5.10 Å². The highest BCUT2D eigenvalue weighted by molar-refractivity contribution is 6.31. The lowest BCUT2D eigenvalue weighted by molar-refractivity contribution is -0.116. The van der Waals surface area contributed by atoms with E-state index in [1.807, 2.05) is 12.3 Å². The molecule has 1 aromatic heterocycles. The first-order chi connectivity index (χ1) is 9.15. The quantitative estimate of drug-likeness (QED) is 0.826. The van der Waals surface area contributed by atoms with Gasteiger partial charge in [0, 0.05) is 30.4 Å². The lowest BCUT2D eigenvalue weighted by Crippen LogP contribution is -2.13. The fourth-order valence-corrected chi connectivity index (χ4v) is 1.86. The Morgan fingerprint density at radius 2 is 2.32 bits per heavy atom. The normalized spacial score (nSPS) is 10.4. The SMILES string of the molecule is Nc1ccc(Cl)cc1NC(=O)CCCn1cccn1. The van der Waals surface area contributed by atoms with Crippen LogP contribution in [0.2, 0.25) is 5.02 Å². The Bertz CT molecular complexity index is 554. The lowest BCUT2D eigenvalue weighted by Gasteiger charge is -2.08. The van der Waals surface area contributed by atoms with Gasteiger partial charge in [0.2, 0.25) is 5.91 Å². The summed E-state index contributed by atoms with van der Waals surface area (Å²) < 4.78 is 1.79. The number of amides is 1. The van der Waals surface area contributed by atoms with Gasteiger partial charge in [-0.1, -0.05) is 11.6 Å². The highest BCUT2D eigenvalue weighted by Crippen LogP contribution is 2.23. The number of rotatable bonds is 5. The second kappa shape index (κ2) is 6.24. The molecule has 1 aromatic carbocycles. The Balaban J connectivity index is 1.82. The predicted octanol–water partition coefficient (Wildman–Crippen LogP) is 2.54. The Kier molecular flexibility index (Phi) is 4.41. The van der Waals surface area contributed by atoms with E-state index in [0.717, 1.165) is 0 Å². The van der Waals surface area contributed by atoms with Crippen molar-refractivity contribution in [2.45, 2.75) is 19.4 Å². The summed E-state index contributed by atoms with van der Waals surface area (Å²) in [5.74, 6) is -0.0823. The fraction of sp³-hybridized carbons (Fsp3) is 0.231. The third-order valence-electron chi connectivity index (χ3n) is 2.64. The molecule has 5 nitrogen and oxygen atoms in total. The largest absolute Gasteiger partial charge is 0.397 e. The molecule has 1 amide bonds. The molecule has 19 heavy (non-hydrogen) atoms. The standard InChI is InChI=1S/C13H15ClN4O/c14-10-4-5-11(15)12(9-10)17-13(19)3-1-7-18-8-2-6-16-18/h2,4-6,8-9H,1,3,7,15H2,(H,17,19). The fourth-order valence-electron chi connectivity index (χ4n) is 1.68. The molecule has 0 saturated carbocycles. The molecule has 0 saturated heterocycles. The Labute approximate surface area is 116 Å². The summed E-state index contributed by atoms with van der Waals surface area (Å²) in [5.41, 5.74) is 6.81. The average molecular weight is 279 g/mol. The summed E-state index contributed by atoms with van der Waals surface area (Å²) in [4.78, 5) is 11.8. The molecule has 0 aliphatic rings. The van der Waals surface area contributed by atoms with Gasteiger partial charge in [-0.3, -0.25) is 9.48 Å². The molecule has 2 rings (SSSR count). The van der Waals surface area contributed by atoms with Gasteiger partial charge in [0.05, 0.1) is 11.4 Å². The maximum Gasteiger partial charge on any atom is 0.224 e. The van der Waals surface area contributed by atoms with E-state index in [-0.39, 0.29) is 5.91 Å². The van der Waals surface area contributed by atoms with Crippen LogP contribution in [-0.2, 0) is 11.3 Å². The number of hydrogen-bond donors (Lipinski definition) is 2. The van der Waals surface area contributed by atoms with E-state index < -0.39 is 0 Å². The molecule has 0 fully saturated rings. The van der Waals surface area contributed by atoms with Crippen molar-refractivity contribution in [2.24, 2.45) is 0 Å². The van der Waals surface area contributed by atoms with Crippen LogP contribution in [0.1, 0.15) is 12.8 Å². The van der Waals surface area contributed by atoms with Crippen LogP contribution in [0.15, 0.2) is 36.7 Å². The Morgan fingerprint density at radius 3 is 3.05 bits per heavy atom. The van der Waals surface area contributed by atoms with Gasteiger partial charge < -0.3 is 11.1 Å². The number of carbonyl (C=O) groups excluding carboxylic acids is 1. The van der Waals surface area contributed by atoms with Crippen LogP contribution >= 0.6 is 11.6 Å². The first-order valence-corrected chi connectivity index (χ1v) is 6.35. The van der Waals surface area contributed by atoms with Crippen molar-refractivity contribution in [3.63, 3.8) is 0 Å². The summed E-state index contributed by atoms with van der Waals surface area (Å²) in [6, 6.07) is 6.85. The lowest BCUT2D eigenvalue weighted by atomic mass is 10.2. The number of benzene rings is 1. The number of nitrogens with two attached hydrogens (primary N) is 1. The second-order valence-electron chi connectivity index (χ2n) is 4.15. The third-order valence-corrected chi connectivity index (χ3v) is 2.87. The minimum Gasteiger partial charge on any atom is -0.397 e. The number of aromatic nitrogens is 2. The number of carbonyl (C=O) groups is 1. The highest BCUT2D eigenvalue weighted by atomic mass is 35.5. The van der Waals surface area contributed by atoms with Gasteiger partial charge in [-0.25, -0.2) is 0 Å². The monoisotopic (exact) mass is 278 g/mol. The first-order valence-electron chi connectivity index (χ1n) is 5.97. The van der Waals surface area contributed by atoms with Crippen molar-refractivity contribution in [1.82, 2.24) is 9.78 Å². The minimum absolute atomic E-state index is 0.0823. The zero-order chi connectivity index (χ0) is 13.7. The molecule has 2 aromatic rings. The first kappa shape index (κ1) is 13.4. The summed E-state index contributed by atoms with van der Waals surface area (Å²) in [6.45, 7) is 0.714. The van der Waals surface area contributed by atoms with Gasteiger partial charge in [0.25, 0.3) is 0 Å². The smallest absolute Gasteiger partial charge is 0.224 e. The molecule has 1 heterocycles. The van der Waals surface area contributed by atoms with Crippen molar-refractivity contribution < 1.29 is 4.79 Å². The molecule has 0 atom stereocenters.